The molecule has 78 valence electrons. The molecule has 0 aliphatic carbocycles. The van der Waals surface area contributed by atoms with Crippen molar-refractivity contribution in [1.29, 1.82) is 0 Å². The van der Waals surface area contributed by atoms with Gasteiger partial charge in [0, 0.05) is 11.9 Å². The van der Waals surface area contributed by atoms with E-state index in [1.54, 1.807) is 0 Å². The first kappa shape index (κ1) is 11.2. The summed E-state index contributed by atoms with van der Waals surface area (Å²) in [5.41, 5.74) is -0.130. The number of hydrogen-bond acceptors (Lipinski definition) is 4. The van der Waals surface area contributed by atoms with E-state index in [0.29, 0.717) is 0 Å². The highest BCUT2D eigenvalue weighted by Crippen LogP contribution is 2.15. The van der Waals surface area contributed by atoms with Crippen LogP contribution in [0.5, 0.6) is 0 Å². The van der Waals surface area contributed by atoms with Gasteiger partial charge < -0.3 is 10.2 Å². The Morgan fingerprint density at radius 1 is 1.50 bits per heavy atom. The molecule has 0 spiro atoms. The van der Waals surface area contributed by atoms with Crippen molar-refractivity contribution >= 4 is 11.6 Å². The van der Waals surface area contributed by atoms with Crippen molar-refractivity contribution in [1.82, 2.24) is 10.2 Å². The summed E-state index contributed by atoms with van der Waals surface area (Å²) in [6, 6.07) is 2.60. The molecule has 0 amide bonds. The van der Waals surface area contributed by atoms with E-state index in [-0.39, 0.29) is 23.6 Å². The van der Waals surface area contributed by atoms with E-state index in [2.05, 4.69) is 10.2 Å². The largest absolute Gasteiger partial charge is 0.390 e. The Morgan fingerprint density at radius 2 is 2.21 bits per heavy atom. The number of halogens is 1. The van der Waals surface area contributed by atoms with Gasteiger partial charge in [-0.3, -0.25) is 4.79 Å². The molecule has 1 aromatic rings. The first-order chi connectivity index (χ1) is 6.65. The third-order valence-corrected chi connectivity index (χ3v) is 1.99. The maximum Gasteiger partial charge on any atom is 0.264 e. The summed E-state index contributed by atoms with van der Waals surface area (Å²) in [6.45, 7) is 0. The second-order valence-corrected chi connectivity index (χ2v) is 3.21. The second-order valence-electron chi connectivity index (χ2n) is 2.84. The smallest absolute Gasteiger partial charge is 0.264 e. The van der Waals surface area contributed by atoms with E-state index in [1.165, 1.54) is 12.1 Å². The van der Waals surface area contributed by atoms with Gasteiger partial charge in [0.15, 0.2) is 0 Å². The number of nitrogens with zero attached hydrogens (tertiary/aromatic N) is 1. The zero-order valence-corrected chi connectivity index (χ0v) is 8.11. The molecule has 0 saturated heterocycles. The number of aromatic amines is 1. The molecular formula is C8H11ClN2O3. The van der Waals surface area contributed by atoms with Crippen LogP contribution in [0.4, 0.5) is 0 Å². The lowest BCUT2D eigenvalue weighted by Gasteiger charge is -2.15. The number of alkyl halides is 1. The van der Waals surface area contributed by atoms with Gasteiger partial charge in [-0.15, -0.1) is 11.6 Å². The maximum atomic E-state index is 10.7. The average molecular weight is 219 g/mol. The van der Waals surface area contributed by atoms with E-state index in [4.69, 9.17) is 11.6 Å². The van der Waals surface area contributed by atoms with Crippen LogP contribution in [0.2, 0.25) is 0 Å². The summed E-state index contributed by atoms with van der Waals surface area (Å²) in [6.07, 6.45) is -1.82. The lowest BCUT2D eigenvalue weighted by atomic mass is 10.1. The molecule has 3 N–H and O–H groups in total. The molecule has 0 saturated carbocycles. The highest BCUT2D eigenvalue weighted by Gasteiger charge is 2.18. The summed E-state index contributed by atoms with van der Waals surface area (Å²) in [5, 5.41) is 24.7. The van der Waals surface area contributed by atoms with Crippen LogP contribution in [0.15, 0.2) is 16.9 Å². The van der Waals surface area contributed by atoms with Crippen LogP contribution in [0.1, 0.15) is 18.2 Å². The molecule has 1 aromatic heterocycles. The molecule has 0 aliphatic rings. The highest BCUT2D eigenvalue weighted by atomic mass is 35.5. The van der Waals surface area contributed by atoms with E-state index < -0.39 is 12.2 Å². The summed E-state index contributed by atoms with van der Waals surface area (Å²) >= 11 is 5.40. The van der Waals surface area contributed by atoms with Gasteiger partial charge in [-0.2, -0.15) is 5.10 Å². The molecule has 5 nitrogen and oxygen atoms in total. The normalized spacial score (nSPS) is 15.1. The minimum absolute atomic E-state index is 0.224. The van der Waals surface area contributed by atoms with Crippen LogP contribution in [0, 0.1) is 0 Å². The molecule has 1 heterocycles. The molecular weight excluding hydrogens is 208 g/mol. The van der Waals surface area contributed by atoms with Gasteiger partial charge in [0.1, 0.15) is 6.10 Å². The first-order valence-electron chi connectivity index (χ1n) is 4.13. The number of aliphatic hydroxyl groups is 2. The standard InChI is InChI=1S/C8H11ClN2O3/c9-4-3-6(12)8(14)5-1-2-7(13)11-10-5/h1-2,6,8,12,14H,3-4H2,(H,11,13). The van der Waals surface area contributed by atoms with E-state index >= 15 is 0 Å². The van der Waals surface area contributed by atoms with Gasteiger partial charge in [-0.1, -0.05) is 0 Å². The Balaban J connectivity index is 2.73. The van der Waals surface area contributed by atoms with Crippen LogP contribution in [0.25, 0.3) is 0 Å². The van der Waals surface area contributed by atoms with Gasteiger partial charge in [0.2, 0.25) is 0 Å². The minimum Gasteiger partial charge on any atom is -0.390 e. The van der Waals surface area contributed by atoms with Gasteiger partial charge in [-0.05, 0) is 12.5 Å². The van der Waals surface area contributed by atoms with Crippen molar-refractivity contribution in [3.05, 3.63) is 28.2 Å². The minimum atomic E-state index is -1.12. The van der Waals surface area contributed by atoms with Crippen molar-refractivity contribution < 1.29 is 10.2 Å². The van der Waals surface area contributed by atoms with Crippen molar-refractivity contribution in [2.24, 2.45) is 0 Å². The number of hydrogen-bond donors (Lipinski definition) is 3. The second kappa shape index (κ2) is 5.09. The Labute approximate surface area is 85.4 Å². The molecule has 14 heavy (non-hydrogen) atoms. The molecule has 2 unspecified atom stereocenters. The van der Waals surface area contributed by atoms with Crippen LogP contribution in [-0.4, -0.2) is 32.4 Å². The van der Waals surface area contributed by atoms with Gasteiger partial charge in [0.05, 0.1) is 11.8 Å². The van der Waals surface area contributed by atoms with Crippen molar-refractivity contribution in [3.8, 4) is 0 Å². The summed E-state index contributed by atoms with van der Waals surface area (Å²) in [7, 11) is 0. The SMILES string of the molecule is O=c1ccc(C(O)C(O)CCCl)n[nH]1. The predicted molar refractivity (Wildman–Crippen MR) is 51.2 cm³/mol. The van der Waals surface area contributed by atoms with Crippen LogP contribution in [0.3, 0.4) is 0 Å². The number of nitrogens with one attached hydrogen (secondary N) is 1. The average Bonchev–Trinajstić information content (AvgIpc) is 2.18. The molecule has 2 atom stereocenters. The topological polar surface area (TPSA) is 86.2 Å². The van der Waals surface area contributed by atoms with Gasteiger partial charge in [0.25, 0.3) is 5.56 Å². The zero-order valence-electron chi connectivity index (χ0n) is 7.35. The molecule has 0 aliphatic heterocycles. The number of aromatic nitrogens is 2. The third-order valence-electron chi connectivity index (χ3n) is 1.77. The summed E-state index contributed by atoms with van der Waals surface area (Å²) in [5.74, 6) is 0.252. The fourth-order valence-corrected chi connectivity index (χ4v) is 1.21. The molecule has 0 fully saturated rings. The van der Waals surface area contributed by atoms with Crippen molar-refractivity contribution in [2.45, 2.75) is 18.6 Å². The fraction of sp³-hybridized carbons (Fsp3) is 0.500. The molecule has 0 radical (unpaired) electrons. The van der Waals surface area contributed by atoms with Crippen LogP contribution in [-0.2, 0) is 0 Å². The first-order valence-corrected chi connectivity index (χ1v) is 4.66. The highest BCUT2D eigenvalue weighted by molar-refractivity contribution is 6.17. The lowest BCUT2D eigenvalue weighted by Crippen LogP contribution is -2.21. The Morgan fingerprint density at radius 3 is 2.71 bits per heavy atom. The Kier molecular flexibility index (Phi) is 4.06. The molecule has 6 heteroatoms. The summed E-state index contributed by atoms with van der Waals surface area (Å²) < 4.78 is 0. The maximum absolute atomic E-state index is 10.7. The lowest BCUT2D eigenvalue weighted by molar-refractivity contribution is 0.0139. The number of H-pyrrole nitrogens is 1. The van der Waals surface area contributed by atoms with Crippen molar-refractivity contribution in [2.75, 3.05) is 5.88 Å². The van der Waals surface area contributed by atoms with E-state index in [1.807, 2.05) is 0 Å². The molecule has 0 bridgehead atoms. The zero-order chi connectivity index (χ0) is 10.6. The third kappa shape index (κ3) is 2.80. The van der Waals surface area contributed by atoms with Gasteiger partial charge >= 0.3 is 0 Å². The Hall–Kier alpha value is -0.910. The predicted octanol–water partition coefficient (Wildman–Crippen LogP) is -0.207. The fourth-order valence-electron chi connectivity index (χ4n) is 0.987. The summed E-state index contributed by atoms with van der Waals surface area (Å²) in [4.78, 5) is 10.7. The molecule has 0 aromatic carbocycles. The van der Waals surface area contributed by atoms with Crippen LogP contribution < -0.4 is 5.56 Å². The quantitative estimate of drug-likeness (QED) is 0.611. The monoisotopic (exact) mass is 218 g/mol. The van der Waals surface area contributed by atoms with Gasteiger partial charge in [-0.25, -0.2) is 5.10 Å². The van der Waals surface area contributed by atoms with E-state index in [9.17, 15) is 15.0 Å². The number of aliphatic hydroxyl groups excluding tert-OH is 2. The van der Waals surface area contributed by atoms with E-state index in [0.717, 1.165) is 0 Å². The Bertz CT molecular complexity index is 321. The van der Waals surface area contributed by atoms with Crippen molar-refractivity contribution in [3.63, 3.8) is 0 Å². The number of rotatable bonds is 4. The molecule has 1 rings (SSSR count). The van der Waals surface area contributed by atoms with Crippen LogP contribution >= 0.6 is 11.6 Å².